The standard InChI is InChI=1S/C13H12NO3/c15-11-6-9-7-2-1-5-14-10(7)4-3-8(9)12(16)13(11)17/h1-6,11-13,15-17H/q+1/t11-,12-,13-/m1/s1. The normalized spacial score (nSPS) is 27.6. The fourth-order valence-electron chi connectivity index (χ4n) is 2.28. The first-order valence-corrected chi connectivity index (χ1v) is 5.45. The van der Waals surface area contributed by atoms with Crippen LogP contribution in [0.3, 0.4) is 0 Å². The maximum absolute atomic E-state index is 9.91. The Kier molecular flexibility index (Phi) is 2.29. The van der Waals surface area contributed by atoms with Crippen LogP contribution in [0.25, 0.3) is 10.9 Å². The molecule has 3 atom stereocenters. The average molecular weight is 230 g/mol. The van der Waals surface area contributed by atoms with Crippen molar-refractivity contribution in [1.82, 2.24) is 4.98 Å². The van der Waals surface area contributed by atoms with E-state index in [1.165, 1.54) is 0 Å². The summed E-state index contributed by atoms with van der Waals surface area (Å²) in [6, 6.07) is 7.23. The van der Waals surface area contributed by atoms with Gasteiger partial charge in [-0.3, -0.25) is 0 Å². The van der Waals surface area contributed by atoms with E-state index in [0.717, 1.165) is 16.5 Å². The predicted molar refractivity (Wildman–Crippen MR) is 62.1 cm³/mol. The first kappa shape index (κ1) is 10.5. The molecule has 0 saturated heterocycles. The second-order valence-electron chi connectivity index (χ2n) is 4.23. The van der Waals surface area contributed by atoms with E-state index in [1.807, 2.05) is 6.07 Å². The van der Waals surface area contributed by atoms with Gasteiger partial charge in [-0.05, 0) is 12.1 Å². The molecule has 86 valence electrons. The third kappa shape index (κ3) is 1.50. The van der Waals surface area contributed by atoms with E-state index < -0.39 is 18.3 Å². The lowest BCUT2D eigenvalue weighted by atomic mass is 9.83. The van der Waals surface area contributed by atoms with Crippen LogP contribution in [-0.4, -0.2) is 32.5 Å². The summed E-state index contributed by atoms with van der Waals surface area (Å²) in [5, 5.41) is 30.1. The highest BCUT2D eigenvalue weighted by Crippen LogP contribution is 2.35. The summed E-state index contributed by atoms with van der Waals surface area (Å²) < 4.78 is 0. The van der Waals surface area contributed by atoms with Crippen LogP contribution in [0.4, 0.5) is 0 Å². The van der Waals surface area contributed by atoms with Gasteiger partial charge in [-0.1, -0.05) is 0 Å². The lowest BCUT2D eigenvalue weighted by Gasteiger charge is -2.25. The molecular weight excluding hydrogens is 218 g/mol. The summed E-state index contributed by atoms with van der Waals surface area (Å²) >= 11 is 0. The first-order chi connectivity index (χ1) is 8.18. The van der Waals surface area contributed by atoms with Crippen LogP contribution in [0, 0.1) is 6.42 Å². The van der Waals surface area contributed by atoms with Crippen LogP contribution in [0.5, 0.6) is 0 Å². The topological polar surface area (TPSA) is 73.6 Å². The number of hydrogen-bond donors (Lipinski definition) is 3. The number of aromatic nitrogens is 1. The Bertz CT molecular complexity index is 570. The molecular formula is C13H12NO3+. The van der Waals surface area contributed by atoms with Crippen molar-refractivity contribution in [3.63, 3.8) is 0 Å². The lowest BCUT2D eigenvalue weighted by molar-refractivity contribution is -0.0532. The number of nitrogens with zero attached hydrogens (tertiary/aromatic N) is 1. The van der Waals surface area contributed by atoms with E-state index in [9.17, 15) is 15.3 Å². The number of fused-ring (bicyclic) bond motifs is 3. The Morgan fingerprint density at radius 2 is 1.94 bits per heavy atom. The Morgan fingerprint density at radius 1 is 1.12 bits per heavy atom. The van der Waals surface area contributed by atoms with Gasteiger partial charge < -0.3 is 15.3 Å². The summed E-state index contributed by atoms with van der Waals surface area (Å²) in [6.45, 7) is 0. The summed E-state index contributed by atoms with van der Waals surface area (Å²) in [4.78, 5) is 4.21. The molecule has 0 saturated carbocycles. The Hall–Kier alpha value is -1.62. The minimum atomic E-state index is -1.17. The van der Waals surface area contributed by atoms with Gasteiger partial charge in [0, 0.05) is 18.3 Å². The number of hydrogen-bond acceptors (Lipinski definition) is 4. The van der Waals surface area contributed by atoms with Crippen LogP contribution in [0.1, 0.15) is 17.2 Å². The monoisotopic (exact) mass is 230 g/mol. The zero-order valence-corrected chi connectivity index (χ0v) is 8.99. The molecule has 1 aromatic heterocycles. The minimum Gasteiger partial charge on any atom is -0.384 e. The Morgan fingerprint density at radius 3 is 2.76 bits per heavy atom. The molecule has 2 aromatic rings. The first-order valence-electron chi connectivity index (χ1n) is 5.45. The van der Waals surface area contributed by atoms with Crippen molar-refractivity contribution in [2.24, 2.45) is 0 Å². The van der Waals surface area contributed by atoms with E-state index >= 15 is 0 Å². The smallest absolute Gasteiger partial charge is 0.154 e. The number of aliphatic hydroxyl groups is 3. The predicted octanol–water partition coefficient (Wildman–Crippen LogP) is 0.556. The number of aliphatic hydroxyl groups excluding tert-OH is 3. The second kappa shape index (κ2) is 3.70. The molecule has 3 N–H and O–H groups in total. The largest absolute Gasteiger partial charge is 0.384 e. The fourth-order valence-corrected chi connectivity index (χ4v) is 2.28. The van der Waals surface area contributed by atoms with Crippen molar-refractivity contribution in [1.29, 1.82) is 0 Å². The van der Waals surface area contributed by atoms with Crippen molar-refractivity contribution in [2.45, 2.75) is 18.3 Å². The second-order valence-corrected chi connectivity index (χ2v) is 4.23. The van der Waals surface area contributed by atoms with Gasteiger partial charge in [0.15, 0.2) is 6.10 Å². The highest BCUT2D eigenvalue weighted by Gasteiger charge is 2.40. The van der Waals surface area contributed by atoms with Gasteiger partial charge in [0.05, 0.1) is 12.0 Å². The van der Waals surface area contributed by atoms with Gasteiger partial charge in [-0.15, -0.1) is 0 Å². The molecule has 1 heterocycles. The maximum Gasteiger partial charge on any atom is 0.154 e. The third-order valence-corrected chi connectivity index (χ3v) is 3.19. The molecule has 0 bridgehead atoms. The van der Waals surface area contributed by atoms with Gasteiger partial charge >= 0.3 is 0 Å². The number of benzene rings is 1. The van der Waals surface area contributed by atoms with Crippen molar-refractivity contribution in [3.8, 4) is 0 Å². The molecule has 0 aliphatic heterocycles. The summed E-state index contributed by atoms with van der Waals surface area (Å²) in [5.74, 6) is 0. The van der Waals surface area contributed by atoms with E-state index in [0.29, 0.717) is 5.56 Å². The highest BCUT2D eigenvalue weighted by atomic mass is 16.4. The van der Waals surface area contributed by atoms with E-state index in [2.05, 4.69) is 4.98 Å². The highest BCUT2D eigenvalue weighted by molar-refractivity contribution is 5.85. The van der Waals surface area contributed by atoms with E-state index in [-0.39, 0.29) is 0 Å². The van der Waals surface area contributed by atoms with Crippen molar-refractivity contribution >= 4 is 10.9 Å². The molecule has 0 fully saturated rings. The van der Waals surface area contributed by atoms with E-state index in [4.69, 9.17) is 0 Å². The molecule has 3 rings (SSSR count). The quantitative estimate of drug-likeness (QED) is 0.578. The van der Waals surface area contributed by atoms with Crippen LogP contribution < -0.4 is 0 Å². The number of rotatable bonds is 0. The summed E-state index contributed by atoms with van der Waals surface area (Å²) in [6.07, 6.45) is -0.0229. The minimum absolute atomic E-state index is 0.628. The Balaban J connectivity index is 2.27. The maximum atomic E-state index is 9.91. The van der Waals surface area contributed by atoms with Crippen molar-refractivity contribution in [3.05, 3.63) is 48.0 Å². The molecule has 0 unspecified atom stereocenters. The van der Waals surface area contributed by atoms with Crippen LogP contribution >= 0.6 is 0 Å². The van der Waals surface area contributed by atoms with Crippen molar-refractivity contribution in [2.75, 3.05) is 0 Å². The average Bonchev–Trinajstić information content (AvgIpc) is 2.36. The Labute approximate surface area is 98.2 Å². The summed E-state index contributed by atoms with van der Waals surface area (Å²) in [5.41, 5.74) is 2.18. The molecule has 4 heteroatoms. The molecule has 0 spiro atoms. The van der Waals surface area contributed by atoms with Crippen LogP contribution in [0.15, 0.2) is 30.5 Å². The van der Waals surface area contributed by atoms with E-state index in [1.54, 1.807) is 30.8 Å². The zero-order chi connectivity index (χ0) is 12.0. The molecule has 0 amide bonds. The van der Waals surface area contributed by atoms with Gasteiger partial charge in [0.1, 0.15) is 28.7 Å². The molecule has 4 nitrogen and oxygen atoms in total. The summed E-state index contributed by atoms with van der Waals surface area (Å²) in [7, 11) is 0. The third-order valence-electron chi connectivity index (χ3n) is 3.19. The van der Waals surface area contributed by atoms with Crippen molar-refractivity contribution < 1.29 is 15.3 Å². The molecule has 0 radical (unpaired) electrons. The van der Waals surface area contributed by atoms with Crippen LogP contribution in [-0.2, 0) is 0 Å². The SMILES string of the molecule is O[C@@H]1[C@H](O)[CH+]c2c(ccc3ncccc23)[C@H]1O. The van der Waals surface area contributed by atoms with Gasteiger partial charge in [-0.25, -0.2) is 4.98 Å². The molecule has 1 aliphatic rings. The van der Waals surface area contributed by atoms with Gasteiger partial charge in [0.25, 0.3) is 0 Å². The molecule has 1 aliphatic carbocycles. The number of pyridine rings is 1. The van der Waals surface area contributed by atoms with Crippen LogP contribution in [0.2, 0.25) is 0 Å². The van der Waals surface area contributed by atoms with Gasteiger partial charge in [-0.2, -0.15) is 0 Å². The zero-order valence-electron chi connectivity index (χ0n) is 8.99. The molecule has 17 heavy (non-hydrogen) atoms. The van der Waals surface area contributed by atoms with Gasteiger partial charge in [0.2, 0.25) is 0 Å². The lowest BCUT2D eigenvalue weighted by Crippen LogP contribution is -2.37. The fraction of sp³-hybridized carbons (Fsp3) is 0.231. The molecule has 1 aromatic carbocycles.